The monoisotopic (exact) mass is 244 g/mol. The van der Waals surface area contributed by atoms with Gasteiger partial charge in [0.1, 0.15) is 0 Å². The summed E-state index contributed by atoms with van der Waals surface area (Å²) in [5.41, 5.74) is 5.40. The van der Waals surface area contributed by atoms with Crippen molar-refractivity contribution in [1.82, 2.24) is 15.5 Å². The van der Waals surface area contributed by atoms with Crippen LogP contribution in [0.1, 0.15) is 13.8 Å². The zero-order valence-electron chi connectivity index (χ0n) is 11.2. The third-order valence-electron chi connectivity index (χ3n) is 2.90. The molecule has 1 rings (SSSR count). The highest BCUT2D eigenvalue weighted by Gasteiger charge is 2.19. The van der Waals surface area contributed by atoms with Crippen molar-refractivity contribution in [1.29, 1.82) is 0 Å². The van der Waals surface area contributed by atoms with Crippen molar-refractivity contribution in [2.75, 3.05) is 52.5 Å². The van der Waals surface area contributed by atoms with Gasteiger partial charge in [-0.2, -0.15) is 0 Å². The van der Waals surface area contributed by atoms with Gasteiger partial charge in [-0.15, -0.1) is 0 Å². The Morgan fingerprint density at radius 2 is 2.24 bits per heavy atom. The first-order valence-corrected chi connectivity index (χ1v) is 6.67. The highest BCUT2D eigenvalue weighted by atomic mass is 16.5. The number of nitrogens with zero attached hydrogens (tertiary/aromatic N) is 1. The minimum absolute atomic E-state index is 0.334. The van der Waals surface area contributed by atoms with E-state index in [9.17, 15) is 0 Å². The first-order chi connectivity index (χ1) is 8.22. The topological polar surface area (TPSA) is 62.5 Å². The van der Waals surface area contributed by atoms with E-state index in [-0.39, 0.29) is 0 Å². The normalized spacial score (nSPS) is 22.2. The van der Waals surface area contributed by atoms with E-state index in [1.54, 1.807) is 0 Å². The van der Waals surface area contributed by atoms with Crippen LogP contribution in [0.3, 0.4) is 0 Å². The van der Waals surface area contributed by atoms with E-state index < -0.39 is 0 Å². The van der Waals surface area contributed by atoms with Crippen molar-refractivity contribution in [3.8, 4) is 0 Å². The average molecular weight is 244 g/mol. The Morgan fingerprint density at radius 1 is 1.41 bits per heavy atom. The van der Waals surface area contributed by atoms with Gasteiger partial charge in [-0.05, 0) is 12.5 Å². The van der Waals surface area contributed by atoms with Gasteiger partial charge < -0.3 is 21.1 Å². The van der Waals surface area contributed by atoms with Gasteiger partial charge >= 0.3 is 0 Å². The van der Waals surface area contributed by atoms with E-state index in [4.69, 9.17) is 10.5 Å². The molecule has 5 heteroatoms. The van der Waals surface area contributed by atoms with E-state index in [0.29, 0.717) is 18.7 Å². The fourth-order valence-corrected chi connectivity index (χ4v) is 1.98. The molecular formula is C12H28N4O. The van der Waals surface area contributed by atoms with Crippen molar-refractivity contribution < 1.29 is 4.74 Å². The summed E-state index contributed by atoms with van der Waals surface area (Å²) in [4.78, 5) is 2.44. The Bertz CT molecular complexity index is 189. The van der Waals surface area contributed by atoms with Crippen LogP contribution in [0.25, 0.3) is 0 Å². The lowest BCUT2D eigenvalue weighted by Gasteiger charge is -2.33. The van der Waals surface area contributed by atoms with Crippen molar-refractivity contribution in [2.24, 2.45) is 11.7 Å². The Balaban J connectivity index is 2.10. The maximum Gasteiger partial charge on any atom is 0.0826 e. The summed E-state index contributed by atoms with van der Waals surface area (Å²) in [6.07, 6.45) is 0.334. The predicted molar refractivity (Wildman–Crippen MR) is 70.9 cm³/mol. The molecule has 0 spiro atoms. The molecule has 5 nitrogen and oxygen atoms in total. The van der Waals surface area contributed by atoms with Gasteiger partial charge in [0.2, 0.25) is 0 Å². The van der Waals surface area contributed by atoms with Crippen LogP contribution in [-0.4, -0.2) is 63.5 Å². The molecule has 1 unspecified atom stereocenters. The summed E-state index contributed by atoms with van der Waals surface area (Å²) >= 11 is 0. The van der Waals surface area contributed by atoms with Gasteiger partial charge in [0.25, 0.3) is 0 Å². The fraction of sp³-hybridized carbons (Fsp3) is 1.00. The molecular weight excluding hydrogens is 216 g/mol. The number of nitrogens with two attached hydrogens (primary N) is 1. The van der Waals surface area contributed by atoms with Crippen LogP contribution in [0.2, 0.25) is 0 Å². The molecule has 1 saturated heterocycles. The zero-order valence-corrected chi connectivity index (χ0v) is 11.2. The summed E-state index contributed by atoms with van der Waals surface area (Å²) in [5, 5.41) is 6.60. The Morgan fingerprint density at radius 3 is 2.94 bits per heavy atom. The Labute approximate surface area is 105 Å². The summed E-state index contributed by atoms with van der Waals surface area (Å²) in [5.74, 6) is 0.698. The molecule has 0 bridgehead atoms. The van der Waals surface area contributed by atoms with Gasteiger partial charge in [0.15, 0.2) is 0 Å². The predicted octanol–water partition coefficient (Wildman–Crippen LogP) is -0.561. The first-order valence-electron chi connectivity index (χ1n) is 6.67. The molecule has 1 atom stereocenters. The lowest BCUT2D eigenvalue weighted by atomic mass is 10.2. The molecule has 0 radical (unpaired) electrons. The van der Waals surface area contributed by atoms with Crippen LogP contribution in [0.4, 0.5) is 0 Å². The number of ether oxygens (including phenoxy) is 1. The summed E-state index contributed by atoms with van der Waals surface area (Å²) in [7, 11) is 0. The fourth-order valence-electron chi connectivity index (χ4n) is 1.98. The molecule has 0 aromatic rings. The molecule has 0 aromatic carbocycles. The lowest BCUT2D eigenvalue weighted by molar-refractivity contribution is -0.0266. The molecule has 1 aliphatic heterocycles. The van der Waals surface area contributed by atoms with Gasteiger partial charge in [0.05, 0.1) is 12.7 Å². The molecule has 1 fully saturated rings. The van der Waals surface area contributed by atoms with Crippen LogP contribution in [0, 0.1) is 5.92 Å². The van der Waals surface area contributed by atoms with Crippen LogP contribution >= 0.6 is 0 Å². The molecule has 0 aromatic heterocycles. The van der Waals surface area contributed by atoms with Crippen molar-refractivity contribution in [2.45, 2.75) is 20.0 Å². The quantitative estimate of drug-likeness (QED) is 0.395. The van der Waals surface area contributed by atoms with E-state index >= 15 is 0 Å². The smallest absolute Gasteiger partial charge is 0.0826 e. The maximum absolute atomic E-state index is 5.75. The third-order valence-corrected chi connectivity index (χ3v) is 2.90. The number of morpholine rings is 1. The standard InChI is InChI=1S/C12H28N4O/c1-11(2)7-15-8-12-9-16(5-6-17-12)4-3-14-10-13/h11-12,14-15H,3-10,13H2,1-2H3. The van der Waals surface area contributed by atoms with Gasteiger partial charge in [-0.25, -0.2) is 0 Å². The highest BCUT2D eigenvalue weighted by Crippen LogP contribution is 2.03. The number of hydrogen-bond donors (Lipinski definition) is 3. The minimum Gasteiger partial charge on any atom is -0.374 e. The highest BCUT2D eigenvalue weighted by molar-refractivity contribution is 4.74. The second-order valence-corrected chi connectivity index (χ2v) is 5.05. The minimum atomic E-state index is 0.334. The number of nitrogens with one attached hydrogen (secondary N) is 2. The second-order valence-electron chi connectivity index (χ2n) is 5.05. The summed E-state index contributed by atoms with van der Waals surface area (Å²) in [6, 6.07) is 0. The van der Waals surface area contributed by atoms with Gasteiger partial charge in [0, 0.05) is 39.4 Å². The molecule has 0 amide bonds. The molecule has 4 N–H and O–H groups in total. The van der Waals surface area contributed by atoms with Crippen LogP contribution in [-0.2, 0) is 4.74 Å². The van der Waals surface area contributed by atoms with E-state index in [2.05, 4.69) is 29.4 Å². The zero-order chi connectivity index (χ0) is 12.5. The third kappa shape index (κ3) is 6.95. The van der Waals surface area contributed by atoms with E-state index in [1.807, 2.05) is 0 Å². The van der Waals surface area contributed by atoms with Gasteiger partial charge in [-0.1, -0.05) is 13.8 Å². The maximum atomic E-state index is 5.75. The van der Waals surface area contributed by atoms with Crippen molar-refractivity contribution >= 4 is 0 Å². The Kier molecular flexibility index (Phi) is 7.72. The molecule has 1 aliphatic rings. The summed E-state index contributed by atoms with van der Waals surface area (Å²) < 4.78 is 5.75. The van der Waals surface area contributed by atoms with Crippen LogP contribution < -0.4 is 16.4 Å². The SMILES string of the molecule is CC(C)CNCC1CN(CCNCN)CCO1. The van der Waals surface area contributed by atoms with Crippen molar-refractivity contribution in [3.63, 3.8) is 0 Å². The van der Waals surface area contributed by atoms with Crippen molar-refractivity contribution in [3.05, 3.63) is 0 Å². The summed E-state index contributed by atoms with van der Waals surface area (Å²) in [6.45, 7) is 11.9. The molecule has 102 valence electrons. The molecule has 1 heterocycles. The number of hydrogen-bond acceptors (Lipinski definition) is 5. The lowest BCUT2D eigenvalue weighted by Crippen LogP contribution is -2.48. The largest absolute Gasteiger partial charge is 0.374 e. The van der Waals surface area contributed by atoms with Crippen LogP contribution in [0.15, 0.2) is 0 Å². The second kappa shape index (κ2) is 8.83. The van der Waals surface area contributed by atoms with Gasteiger partial charge in [-0.3, -0.25) is 4.90 Å². The van der Waals surface area contributed by atoms with E-state index in [1.165, 1.54) is 0 Å². The Hall–Kier alpha value is -0.200. The molecule has 0 aliphatic carbocycles. The molecule has 0 saturated carbocycles. The average Bonchev–Trinajstić information content (AvgIpc) is 2.29. The first kappa shape index (κ1) is 14.9. The number of rotatable bonds is 8. The molecule has 17 heavy (non-hydrogen) atoms. The van der Waals surface area contributed by atoms with Crippen LogP contribution in [0.5, 0.6) is 0 Å². The van der Waals surface area contributed by atoms with E-state index in [0.717, 1.165) is 45.9 Å².